The van der Waals surface area contributed by atoms with Gasteiger partial charge in [0, 0.05) is 12.6 Å². The van der Waals surface area contributed by atoms with Crippen LogP contribution in [0.25, 0.3) is 27.1 Å². The zero-order chi connectivity index (χ0) is 15.3. The van der Waals surface area contributed by atoms with E-state index in [1.165, 1.54) is 11.3 Å². The lowest BCUT2D eigenvalue weighted by atomic mass is 10.2. The van der Waals surface area contributed by atoms with Gasteiger partial charge in [0.25, 0.3) is 0 Å². The second-order valence-electron chi connectivity index (χ2n) is 4.57. The smallest absolute Gasteiger partial charge is 0.235 e. The van der Waals surface area contributed by atoms with Gasteiger partial charge in [0.2, 0.25) is 4.96 Å². The third-order valence-electron chi connectivity index (χ3n) is 3.20. The first-order chi connectivity index (χ1) is 10.6. The van der Waals surface area contributed by atoms with Gasteiger partial charge in [-0.05, 0) is 28.1 Å². The van der Waals surface area contributed by atoms with Crippen molar-refractivity contribution in [3.63, 3.8) is 0 Å². The zero-order valence-corrected chi connectivity index (χ0v) is 14.4. The number of fused-ring (bicyclic) bond motifs is 1. The van der Waals surface area contributed by atoms with Gasteiger partial charge in [0.05, 0.1) is 15.7 Å². The van der Waals surface area contributed by atoms with Gasteiger partial charge >= 0.3 is 0 Å². The summed E-state index contributed by atoms with van der Waals surface area (Å²) in [7, 11) is 1.87. The molecule has 0 aliphatic carbocycles. The number of hydrogen-bond acceptors (Lipinski definition) is 5. The molecule has 0 aliphatic rings. The van der Waals surface area contributed by atoms with Crippen LogP contribution in [0.3, 0.4) is 0 Å². The summed E-state index contributed by atoms with van der Waals surface area (Å²) < 4.78 is 4.37. The molecule has 3 aromatic heterocycles. The molecule has 6 nitrogen and oxygen atoms in total. The van der Waals surface area contributed by atoms with Crippen LogP contribution in [0.2, 0.25) is 5.02 Å². The number of nitrogens with zero attached hydrogens (tertiary/aromatic N) is 6. The summed E-state index contributed by atoms with van der Waals surface area (Å²) >= 11 is 11.2. The fraction of sp³-hybridized carbons (Fsp3) is 0.0769. The molecule has 0 bridgehead atoms. The van der Waals surface area contributed by atoms with E-state index in [9.17, 15) is 0 Å². The first-order valence-electron chi connectivity index (χ1n) is 6.30. The predicted molar refractivity (Wildman–Crippen MR) is 89.0 cm³/mol. The highest BCUT2D eigenvalue weighted by Gasteiger charge is 2.19. The maximum atomic E-state index is 6.25. The summed E-state index contributed by atoms with van der Waals surface area (Å²) in [6, 6.07) is 7.51. The van der Waals surface area contributed by atoms with Crippen molar-refractivity contribution in [2.45, 2.75) is 0 Å². The minimum Gasteiger partial charge on any atom is -0.264 e. The molecule has 0 N–H and O–H groups in total. The second kappa shape index (κ2) is 5.15. The molecule has 0 saturated heterocycles. The molecule has 0 amide bonds. The summed E-state index contributed by atoms with van der Waals surface area (Å²) in [4.78, 5) is 0.706. The van der Waals surface area contributed by atoms with Gasteiger partial charge in [0.15, 0.2) is 10.8 Å². The Hall–Kier alpha value is -1.77. The van der Waals surface area contributed by atoms with Crippen LogP contribution < -0.4 is 0 Å². The lowest BCUT2D eigenvalue weighted by Gasteiger charge is -2.00. The molecule has 0 unspecified atom stereocenters. The Bertz CT molecular complexity index is 968. The lowest BCUT2D eigenvalue weighted by Crippen LogP contribution is -1.95. The molecule has 4 aromatic rings. The largest absolute Gasteiger partial charge is 0.264 e. The first kappa shape index (κ1) is 13.9. The molecule has 0 aliphatic heterocycles. The van der Waals surface area contributed by atoms with Gasteiger partial charge in [0.1, 0.15) is 5.69 Å². The van der Waals surface area contributed by atoms with Crippen molar-refractivity contribution in [3.8, 4) is 22.1 Å². The number of benzene rings is 1. The maximum absolute atomic E-state index is 6.25. The Balaban J connectivity index is 1.92. The summed E-state index contributed by atoms with van der Waals surface area (Å²) in [5.74, 6) is 0.626. The highest BCUT2D eigenvalue weighted by molar-refractivity contribution is 9.10. The fourth-order valence-electron chi connectivity index (χ4n) is 2.17. The number of hydrogen-bond donors (Lipinski definition) is 0. The molecule has 0 saturated carbocycles. The maximum Gasteiger partial charge on any atom is 0.235 e. The molecule has 3 heterocycles. The Morgan fingerprint density at radius 3 is 2.77 bits per heavy atom. The number of aromatic nitrogens is 6. The summed E-state index contributed by atoms with van der Waals surface area (Å²) in [5.41, 5.74) is 1.71. The lowest BCUT2D eigenvalue weighted by molar-refractivity contribution is 0.772. The van der Waals surface area contributed by atoms with Gasteiger partial charge in [-0.25, -0.2) is 0 Å². The van der Waals surface area contributed by atoms with Crippen LogP contribution in [0.5, 0.6) is 0 Å². The van der Waals surface area contributed by atoms with Gasteiger partial charge in [-0.2, -0.15) is 14.7 Å². The van der Waals surface area contributed by atoms with Gasteiger partial charge < -0.3 is 0 Å². The minimum atomic E-state index is 0.619. The average molecular weight is 396 g/mol. The Morgan fingerprint density at radius 1 is 1.23 bits per heavy atom. The topological polar surface area (TPSA) is 60.9 Å². The van der Waals surface area contributed by atoms with Crippen molar-refractivity contribution in [1.29, 1.82) is 0 Å². The van der Waals surface area contributed by atoms with E-state index in [1.807, 2.05) is 31.3 Å². The molecule has 0 spiro atoms. The van der Waals surface area contributed by atoms with Crippen molar-refractivity contribution in [2.24, 2.45) is 7.05 Å². The van der Waals surface area contributed by atoms with Gasteiger partial charge in [-0.15, -0.1) is 10.2 Å². The van der Waals surface area contributed by atoms with Crippen LogP contribution >= 0.6 is 38.9 Å². The Kier molecular flexibility index (Phi) is 3.24. The summed E-state index contributed by atoms with van der Waals surface area (Å²) in [5, 5.41) is 18.6. The first-order valence-corrected chi connectivity index (χ1v) is 8.29. The summed E-state index contributed by atoms with van der Waals surface area (Å²) in [6.45, 7) is 0. The minimum absolute atomic E-state index is 0.619. The molecule has 0 radical (unpaired) electrons. The highest BCUT2D eigenvalue weighted by Crippen LogP contribution is 2.33. The number of halogens is 2. The normalized spacial score (nSPS) is 11.4. The molecular formula is C13H8BrClN6S. The van der Waals surface area contributed by atoms with Crippen LogP contribution in [0.4, 0.5) is 0 Å². The van der Waals surface area contributed by atoms with E-state index in [0.717, 1.165) is 20.7 Å². The molecule has 0 atom stereocenters. The molecular weight excluding hydrogens is 388 g/mol. The van der Waals surface area contributed by atoms with Crippen molar-refractivity contribution >= 4 is 43.8 Å². The molecule has 22 heavy (non-hydrogen) atoms. The molecule has 4 rings (SSSR count). The Labute approximate surface area is 142 Å². The van der Waals surface area contributed by atoms with E-state index in [0.29, 0.717) is 15.8 Å². The van der Waals surface area contributed by atoms with Crippen molar-refractivity contribution < 1.29 is 0 Å². The van der Waals surface area contributed by atoms with E-state index >= 15 is 0 Å². The van der Waals surface area contributed by atoms with Crippen LogP contribution in [-0.4, -0.2) is 29.6 Å². The van der Waals surface area contributed by atoms with Gasteiger partial charge in [-0.1, -0.05) is 35.1 Å². The standard InChI is InChI=1S/C13H8BrClN6S/c1-20-10(8(14)6-16-20)12-19-21-11(17-18-13(21)22-12)7-4-2-3-5-9(7)15/h2-6H,1H3. The summed E-state index contributed by atoms with van der Waals surface area (Å²) in [6.07, 6.45) is 1.74. The van der Waals surface area contributed by atoms with Crippen molar-refractivity contribution in [3.05, 3.63) is 40.0 Å². The van der Waals surface area contributed by atoms with E-state index in [1.54, 1.807) is 15.4 Å². The van der Waals surface area contributed by atoms with E-state index in [4.69, 9.17) is 11.6 Å². The molecule has 110 valence electrons. The number of rotatable bonds is 2. The number of aryl methyl sites for hydroxylation is 1. The third kappa shape index (κ3) is 2.06. The van der Waals surface area contributed by atoms with Crippen LogP contribution in [-0.2, 0) is 7.05 Å². The third-order valence-corrected chi connectivity index (χ3v) is 5.02. The predicted octanol–water partition coefficient (Wildman–Crippen LogP) is 3.67. The van der Waals surface area contributed by atoms with E-state index in [2.05, 4.69) is 36.3 Å². The fourth-order valence-corrected chi connectivity index (χ4v) is 3.99. The van der Waals surface area contributed by atoms with E-state index in [-0.39, 0.29) is 0 Å². The van der Waals surface area contributed by atoms with Crippen LogP contribution in [0, 0.1) is 0 Å². The van der Waals surface area contributed by atoms with E-state index < -0.39 is 0 Å². The zero-order valence-electron chi connectivity index (χ0n) is 11.2. The van der Waals surface area contributed by atoms with Crippen LogP contribution in [0.1, 0.15) is 0 Å². The monoisotopic (exact) mass is 394 g/mol. The van der Waals surface area contributed by atoms with Gasteiger partial charge in [-0.3, -0.25) is 4.68 Å². The second-order valence-corrected chi connectivity index (χ2v) is 6.79. The quantitative estimate of drug-likeness (QED) is 0.519. The average Bonchev–Trinajstić information content (AvgIpc) is 3.14. The van der Waals surface area contributed by atoms with Crippen molar-refractivity contribution in [1.82, 2.24) is 29.6 Å². The SMILES string of the molecule is Cn1ncc(Br)c1-c1nn2c(-c3ccccc3Cl)nnc2s1. The highest BCUT2D eigenvalue weighted by atomic mass is 79.9. The van der Waals surface area contributed by atoms with Crippen LogP contribution in [0.15, 0.2) is 34.9 Å². The molecule has 9 heteroatoms. The molecule has 1 aromatic carbocycles. The van der Waals surface area contributed by atoms with Crippen molar-refractivity contribution in [2.75, 3.05) is 0 Å². The molecule has 0 fully saturated rings. The Morgan fingerprint density at radius 2 is 2.05 bits per heavy atom.